The molecule has 2 fully saturated rings. The summed E-state index contributed by atoms with van der Waals surface area (Å²) >= 11 is 0. The van der Waals surface area contributed by atoms with Crippen LogP contribution in [0.2, 0.25) is 0 Å². The molecule has 2 aliphatic heterocycles. The Bertz CT molecular complexity index is 1140. The summed E-state index contributed by atoms with van der Waals surface area (Å²) < 4.78 is 0. The largest absolute Gasteiger partial charge is 0.340 e. The van der Waals surface area contributed by atoms with Crippen LogP contribution in [0.25, 0.3) is 0 Å². The number of benzene rings is 1. The van der Waals surface area contributed by atoms with Gasteiger partial charge in [-0.05, 0) is 48.1 Å². The first-order valence-corrected chi connectivity index (χ1v) is 12.6. The van der Waals surface area contributed by atoms with Crippen LogP contribution in [0.5, 0.6) is 0 Å². The van der Waals surface area contributed by atoms with E-state index >= 15 is 0 Å². The first kappa shape index (κ1) is 25.5. The second-order valence-corrected chi connectivity index (χ2v) is 10.6. The van der Waals surface area contributed by atoms with Crippen LogP contribution in [0, 0.1) is 0 Å². The van der Waals surface area contributed by atoms with Crippen LogP contribution in [0.1, 0.15) is 73.4 Å². The first-order valence-electron chi connectivity index (χ1n) is 12.6. The Balaban J connectivity index is 1.47. The topological polar surface area (TPSA) is 99.7 Å². The van der Waals surface area contributed by atoms with Crippen LogP contribution in [-0.2, 0) is 15.0 Å². The zero-order valence-electron chi connectivity index (χ0n) is 21.4. The molecule has 2 saturated heterocycles. The lowest BCUT2D eigenvalue weighted by molar-refractivity contribution is -0.138. The van der Waals surface area contributed by atoms with E-state index in [1.165, 1.54) is 4.90 Å². The van der Waals surface area contributed by atoms with Gasteiger partial charge in [0, 0.05) is 18.3 Å². The molecule has 3 heterocycles. The van der Waals surface area contributed by atoms with E-state index < -0.39 is 12.1 Å². The Labute approximate surface area is 212 Å². The van der Waals surface area contributed by atoms with Gasteiger partial charge in [0.15, 0.2) is 5.78 Å². The Kier molecular flexibility index (Phi) is 7.24. The maximum Gasteiger partial charge on any atom is 0.273 e. The number of carbonyl (C=O) groups excluding carboxylic acids is 4. The highest BCUT2D eigenvalue weighted by atomic mass is 16.2. The maximum atomic E-state index is 13.6. The third-order valence-electron chi connectivity index (χ3n) is 7.04. The Morgan fingerprint density at radius 2 is 1.81 bits per heavy atom. The summed E-state index contributed by atoms with van der Waals surface area (Å²) in [5.41, 5.74) is 1.86. The number of hydrogen-bond acceptors (Lipinski definition) is 5. The lowest BCUT2D eigenvalue weighted by Crippen LogP contribution is -2.52. The molecule has 8 nitrogen and oxygen atoms in total. The van der Waals surface area contributed by atoms with Crippen molar-refractivity contribution in [1.82, 2.24) is 20.1 Å². The molecule has 0 saturated carbocycles. The van der Waals surface area contributed by atoms with E-state index in [-0.39, 0.29) is 47.2 Å². The van der Waals surface area contributed by atoms with Gasteiger partial charge in [-0.15, -0.1) is 0 Å². The molecule has 3 amide bonds. The van der Waals surface area contributed by atoms with E-state index in [2.05, 4.69) is 31.1 Å². The van der Waals surface area contributed by atoms with E-state index in [4.69, 9.17) is 0 Å². The fraction of sp³-hybridized carbons (Fsp3) is 0.464. The van der Waals surface area contributed by atoms with E-state index in [9.17, 15) is 19.2 Å². The number of pyridine rings is 1. The Morgan fingerprint density at radius 1 is 1.08 bits per heavy atom. The SMILES string of the molecule is CCCC(NC(=O)c1ccc(C(C)(C)C)cc1)C(=O)N1CCC2C1C(=O)CN2C(=O)c1ccccn1. The third kappa shape index (κ3) is 5.03. The van der Waals surface area contributed by atoms with Gasteiger partial charge in [-0.3, -0.25) is 24.2 Å². The molecule has 0 aliphatic carbocycles. The number of carbonyl (C=O) groups is 4. The number of nitrogens with one attached hydrogen (secondary N) is 1. The molecule has 0 radical (unpaired) electrons. The highest BCUT2D eigenvalue weighted by Gasteiger charge is 2.52. The van der Waals surface area contributed by atoms with Crippen molar-refractivity contribution in [1.29, 1.82) is 0 Å². The summed E-state index contributed by atoms with van der Waals surface area (Å²) in [6, 6.07) is 10.7. The van der Waals surface area contributed by atoms with Gasteiger partial charge in [-0.1, -0.05) is 52.3 Å². The van der Waals surface area contributed by atoms with Crippen molar-refractivity contribution < 1.29 is 19.2 Å². The minimum Gasteiger partial charge on any atom is -0.340 e. The summed E-state index contributed by atoms with van der Waals surface area (Å²) in [6.45, 7) is 8.59. The number of amides is 3. The van der Waals surface area contributed by atoms with Gasteiger partial charge < -0.3 is 15.1 Å². The number of aromatic nitrogens is 1. The van der Waals surface area contributed by atoms with Gasteiger partial charge in [0.1, 0.15) is 17.8 Å². The van der Waals surface area contributed by atoms with E-state index in [1.54, 1.807) is 41.4 Å². The average molecular weight is 491 g/mol. The molecule has 1 aromatic heterocycles. The molecular formula is C28H34N4O4. The average Bonchev–Trinajstić information content (AvgIpc) is 3.44. The minimum absolute atomic E-state index is 0.0261. The monoisotopic (exact) mass is 490 g/mol. The van der Waals surface area contributed by atoms with E-state index in [0.29, 0.717) is 31.4 Å². The smallest absolute Gasteiger partial charge is 0.273 e. The molecule has 3 atom stereocenters. The van der Waals surface area contributed by atoms with Crippen LogP contribution in [0.3, 0.4) is 0 Å². The maximum absolute atomic E-state index is 13.6. The Morgan fingerprint density at radius 3 is 2.42 bits per heavy atom. The molecule has 4 rings (SSSR count). The number of Topliss-reactive ketones (excluding diaryl/α,β-unsaturated/α-hetero) is 1. The predicted molar refractivity (Wildman–Crippen MR) is 135 cm³/mol. The molecular weight excluding hydrogens is 456 g/mol. The van der Waals surface area contributed by atoms with Crippen LogP contribution in [-0.4, -0.2) is 69.5 Å². The van der Waals surface area contributed by atoms with Crippen molar-refractivity contribution >= 4 is 23.5 Å². The van der Waals surface area contributed by atoms with Gasteiger partial charge in [0.25, 0.3) is 11.8 Å². The molecule has 3 unspecified atom stereocenters. The molecule has 2 aromatic rings. The fourth-order valence-corrected chi connectivity index (χ4v) is 5.08. The number of rotatable bonds is 6. The highest BCUT2D eigenvalue weighted by molar-refractivity contribution is 6.03. The van der Waals surface area contributed by atoms with E-state index in [0.717, 1.165) is 5.56 Å². The molecule has 190 valence electrons. The van der Waals surface area contributed by atoms with Gasteiger partial charge in [0.2, 0.25) is 5.91 Å². The molecule has 1 aromatic carbocycles. The summed E-state index contributed by atoms with van der Waals surface area (Å²) in [6.07, 6.45) is 3.21. The summed E-state index contributed by atoms with van der Waals surface area (Å²) in [7, 11) is 0. The molecule has 0 bridgehead atoms. The molecule has 2 aliphatic rings. The van der Waals surface area contributed by atoms with Gasteiger partial charge >= 0.3 is 0 Å². The predicted octanol–water partition coefficient (Wildman–Crippen LogP) is 2.97. The Hall–Kier alpha value is -3.55. The van der Waals surface area contributed by atoms with Crippen molar-refractivity contribution in [2.24, 2.45) is 0 Å². The van der Waals surface area contributed by atoms with Gasteiger partial charge in [-0.25, -0.2) is 0 Å². The number of ketones is 1. The van der Waals surface area contributed by atoms with Crippen molar-refractivity contribution in [2.75, 3.05) is 13.1 Å². The zero-order chi connectivity index (χ0) is 26.0. The quantitative estimate of drug-likeness (QED) is 0.671. The standard InChI is InChI=1S/C28H34N4O4/c1-5-8-21(30-25(34)18-10-12-19(13-11-18)28(2,3)4)27(36)31-16-14-22-24(31)23(33)17-32(22)26(35)20-9-6-7-15-29-20/h6-7,9-13,15,21-22,24H,5,8,14,16-17H2,1-4H3,(H,30,34). The van der Waals surface area contributed by atoms with Crippen LogP contribution in [0.15, 0.2) is 48.7 Å². The zero-order valence-corrected chi connectivity index (χ0v) is 21.4. The summed E-state index contributed by atoms with van der Waals surface area (Å²) in [5, 5.41) is 2.89. The lowest BCUT2D eigenvalue weighted by atomic mass is 9.86. The minimum atomic E-state index is -0.739. The molecule has 0 spiro atoms. The summed E-state index contributed by atoms with van der Waals surface area (Å²) in [5.74, 6) is -1.05. The number of nitrogens with zero attached hydrogens (tertiary/aromatic N) is 3. The molecule has 1 N–H and O–H groups in total. The van der Waals surface area contributed by atoms with Crippen LogP contribution in [0.4, 0.5) is 0 Å². The summed E-state index contributed by atoms with van der Waals surface area (Å²) in [4.78, 5) is 59.7. The van der Waals surface area contributed by atoms with E-state index in [1.807, 2.05) is 19.1 Å². The lowest BCUT2D eigenvalue weighted by Gasteiger charge is -2.28. The van der Waals surface area contributed by atoms with Gasteiger partial charge in [0.05, 0.1) is 12.6 Å². The van der Waals surface area contributed by atoms with Crippen LogP contribution >= 0.6 is 0 Å². The van der Waals surface area contributed by atoms with Crippen molar-refractivity contribution in [3.05, 3.63) is 65.5 Å². The second-order valence-electron chi connectivity index (χ2n) is 10.6. The second kappa shape index (κ2) is 10.2. The third-order valence-corrected chi connectivity index (χ3v) is 7.04. The highest BCUT2D eigenvalue weighted by Crippen LogP contribution is 2.31. The molecule has 8 heteroatoms. The molecule has 36 heavy (non-hydrogen) atoms. The van der Waals surface area contributed by atoms with Gasteiger partial charge in [-0.2, -0.15) is 0 Å². The number of fused-ring (bicyclic) bond motifs is 1. The normalized spacial score (nSPS) is 20.3. The first-order chi connectivity index (χ1) is 17.1. The van der Waals surface area contributed by atoms with Crippen molar-refractivity contribution in [2.45, 2.75) is 70.5 Å². The fourth-order valence-electron chi connectivity index (χ4n) is 5.08. The number of likely N-dealkylation sites (tertiary alicyclic amines) is 2. The van der Waals surface area contributed by atoms with Crippen molar-refractivity contribution in [3.8, 4) is 0 Å². The van der Waals surface area contributed by atoms with Crippen LogP contribution < -0.4 is 5.32 Å². The van der Waals surface area contributed by atoms with Crippen molar-refractivity contribution in [3.63, 3.8) is 0 Å². The number of hydrogen-bond donors (Lipinski definition) is 1.